The van der Waals surface area contributed by atoms with Crippen molar-refractivity contribution in [2.45, 2.75) is 25.4 Å². The topological polar surface area (TPSA) is 44.8 Å². The largest absolute Gasteiger partial charge is 0.378 e. The molecule has 2 aliphatic heterocycles. The Bertz CT molecular complexity index is 519. The molecule has 3 rings (SSSR count). The minimum absolute atomic E-state index is 0. The summed E-state index contributed by atoms with van der Waals surface area (Å²) in [7, 11) is 2.19. The molecule has 1 unspecified atom stereocenters. The normalized spacial score (nSPS) is 21.0. The van der Waals surface area contributed by atoms with Crippen LogP contribution in [0.15, 0.2) is 30.3 Å². The highest BCUT2D eigenvalue weighted by Crippen LogP contribution is 2.19. The summed E-state index contributed by atoms with van der Waals surface area (Å²) in [6.07, 6.45) is 2.19. The highest BCUT2D eigenvalue weighted by atomic mass is 35.5. The average Bonchev–Trinajstić information content (AvgIpc) is 2.63. The monoisotopic (exact) mass is 403 g/mol. The lowest BCUT2D eigenvalue weighted by Gasteiger charge is -2.36. The molecule has 148 valence electrons. The second-order valence-electron chi connectivity index (χ2n) is 7.03. The molecule has 26 heavy (non-hydrogen) atoms. The number of hydrogen-bond acceptors (Lipinski definition) is 4. The third-order valence-corrected chi connectivity index (χ3v) is 5.01. The predicted molar refractivity (Wildman–Crippen MR) is 109 cm³/mol. The Morgan fingerprint density at radius 2 is 1.92 bits per heavy atom. The number of ether oxygens (including phenoxy) is 1. The highest BCUT2D eigenvalue weighted by Gasteiger charge is 2.29. The van der Waals surface area contributed by atoms with Gasteiger partial charge in [0.15, 0.2) is 0 Å². The molecule has 0 spiro atoms. The Labute approximate surface area is 169 Å². The van der Waals surface area contributed by atoms with Gasteiger partial charge in [-0.05, 0) is 31.4 Å². The van der Waals surface area contributed by atoms with Crippen molar-refractivity contribution in [2.75, 3.05) is 46.4 Å². The van der Waals surface area contributed by atoms with Crippen molar-refractivity contribution in [3.05, 3.63) is 35.9 Å². The Hall–Kier alpha value is -0.850. The van der Waals surface area contributed by atoms with Crippen molar-refractivity contribution in [3.63, 3.8) is 0 Å². The summed E-state index contributed by atoms with van der Waals surface area (Å²) < 4.78 is 5.41. The Balaban J connectivity index is 0.00000169. The summed E-state index contributed by atoms with van der Waals surface area (Å²) in [5, 5.41) is 3.26. The third-order valence-electron chi connectivity index (χ3n) is 5.01. The number of hydrogen-bond donors (Lipinski definition) is 1. The summed E-state index contributed by atoms with van der Waals surface area (Å²) in [6, 6.07) is 10.5. The van der Waals surface area contributed by atoms with E-state index in [0.29, 0.717) is 19.1 Å². The lowest BCUT2D eigenvalue weighted by atomic mass is 9.95. The molecule has 0 radical (unpaired) electrons. The predicted octanol–water partition coefficient (Wildman–Crippen LogP) is 2.19. The van der Waals surface area contributed by atoms with Gasteiger partial charge < -0.3 is 19.9 Å². The fourth-order valence-corrected chi connectivity index (χ4v) is 3.68. The molecule has 0 aromatic heterocycles. The van der Waals surface area contributed by atoms with Crippen molar-refractivity contribution >= 4 is 30.7 Å². The number of halogens is 2. The molecule has 0 bridgehead atoms. The maximum Gasteiger partial charge on any atom is 0.242 e. The molecule has 2 fully saturated rings. The molecule has 2 saturated heterocycles. The molecule has 0 aliphatic carbocycles. The van der Waals surface area contributed by atoms with Gasteiger partial charge in [-0.2, -0.15) is 0 Å². The summed E-state index contributed by atoms with van der Waals surface area (Å²) in [5.41, 5.74) is 1.36. The van der Waals surface area contributed by atoms with Gasteiger partial charge in [-0.1, -0.05) is 30.3 Å². The Morgan fingerprint density at radius 1 is 1.23 bits per heavy atom. The van der Waals surface area contributed by atoms with E-state index in [-0.39, 0.29) is 36.8 Å². The lowest BCUT2D eigenvalue weighted by molar-refractivity contribution is -0.137. The fraction of sp³-hybridized carbons (Fsp3) is 0.632. The van der Waals surface area contributed by atoms with E-state index in [1.54, 1.807) is 0 Å². The van der Waals surface area contributed by atoms with Crippen molar-refractivity contribution in [1.82, 2.24) is 15.1 Å². The van der Waals surface area contributed by atoms with Crippen LogP contribution < -0.4 is 5.32 Å². The van der Waals surface area contributed by atoms with Crippen LogP contribution in [0.2, 0.25) is 0 Å². The van der Waals surface area contributed by atoms with Crippen LogP contribution in [0.5, 0.6) is 0 Å². The van der Waals surface area contributed by atoms with E-state index in [1.165, 1.54) is 5.56 Å². The zero-order chi connectivity index (χ0) is 16.8. The first-order chi connectivity index (χ1) is 11.7. The van der Waals surface area contributed by atoms with Crippen LogP contribution >= 0.6 is 24.8 Å². The molecule has 1 aromatic carbocycles. The maximum absolute atomic E-state index is 12.5. The Morgan fingerprint density at radius 3 is 2.54 bits per heavy atom. The second kappa shape index (κ2) is 11.8. The lowest BCUT2D eigenvalue weighted by Crippen LogP contribution is -2.54. The molecule has 7 heteroatoms. The molecule has 1 atom stereocenters. The SMILES string of the molecule is CN(Cc1ccccc1)CC1CCN(C(=O)C2COCCN2)CC1.Cl.Cl. The number of morpholine rings is 1. The van der Waals surface area contributed by atoms with Gasteiger partial charge in [0.1, 0.15) is 6.04 Å². The van der Waals surface area contributed by atoms with Gasteiger partial charge in [0.05, 0.1) is 13.2 Å². The third kappa shape index (κ3) is 6.71. The van der Waals surface area contributed by atoms with Crippen LogP contribution in [-0.4, -0.2) is 68.2 Å². The minimum Gasteiger partial charge on any atom is -0.378 e. The van der Waals surface area contributed by atoms with Gasteiger partial charge in [0.2, 0.25) is 5.91 Å². The number of rotatable bonds is 5. The number of benzene rings is 1. The zero-order valence-corrected chi connectivity index (χ0v) is 17.1. The number of carbonyl (C=O) groups is 1. The van der Waals surface area contributed by atoms with E-state index >= 15 is 0 Å². The van der Waals surface area contributed by atoms with Gasteiger partial charge >= 0.3 is 0 Å². The summed E-state index contributed by atoms with van der Waals surface area (Å²) in [6.45, 7) is 5.84. The standard InChI is InChI=1S/C19H29N3O2.2ClH/c1-21(13-16-5-3-2-4-6-16)14-17-7-10-22(11-8-17)19(23)18-15-24-12-9-20-18;;/h2-6,17-18,20H,7-15H2,1H3;2*1H. The van der Waals surface area contributed by atoms with Crippen LogP contribution in [0.3, 0.4) is 0 Å². The van der Waals surface area contributed by atoms with Crippen LogP contribution in [-0.2, 0) is 16.1 Å². The summed E-state index contributed by atoms with van der Waals surface area (Å²) >= 11 is 0. The van der Waals surface area contributed by atoms with Gasteiger partial charge in [-0.15, -0.1) is 24.8 Å². The molecular weight excluding hydrogens is 373 g/mol. The number of carbonyl (C=O) groups excluding carboxylic acids is 1. The smallest absolute Gasteiger partial charge is 0.242 e. The molecule has 2 aliphatic rings. The van der Waals surface area contributed by atoms with E-state index in [0.717, 1.165) is 45.6 Å². The molecular formula is C19H31Cl2N3O2. The van der Waals surface area contributed by atoms with E-state index in [2.05, 4.69) is 47.6 Å². The van der Waals surface area contributed by atoms with Crippen LogP contribution in [0.4, 0.5) is 0 Å². The molecule has 0 saturated carbocycles. The zero-order valence-electron chi connectivity index (χ0n) is 15.4. The quantitative estimate of drug-likeness (QED) is 0.817. The summed E-state index contributed by atoms with van der Waals surface area (Å²) in [4.78, 5) is 16.9. The first-order valence-electron chi connectivity index (χ1n) is 9.05. The van der Waals surface area contributed by atoms with Gasteiger partial charge in [-0.3, -0.25) is 4.79 Å². The van der Waals surface area contributed by atoms with Crippen LogP contribution in [0, 0.1) is 5.92 Å². The van der Waals surface area contributed by atoms with Gasteiger partial charge in [0.25, 0.3) is 0 Å². The number of likely N-dealkylation sites (tertiary alicyclic amines) is 1. The number of piperidine rings is 1. The highest BCUT2D eigenvalue weighted by molar-refractivity contribution is 5.85. The van der Waals surface area contributed by atoms with E-state index < -0.39 is 0 Å². The molecule has 1 amide bonds. The van der Waals surface area contributed by atoms with Gasteiger partial charge in [0, 0.05) is 32.7 Å². The molecule has 5 nitrogen and oxygen atoms in total. The molecule has 1 N–H and O–H groups in total. The van der Waals surface area contributed by atoms with E-state index in [4.69, 9.17) is 4.74 Å². The number of amides is 1. The summed E-state index contributed by atoms with van der Waals surface area (Å²) in [5.74, 6) is 0.893. The first kappa shape index (κ1) is 23.2. The number of nitrogens with zero attached hydrogens (tertiary/aromatic N) is 2. The van der Waals surface area contributed by atoms with Crippen molar-refractivity contribution < 1.29 is 9.53 Å². The maximum atomic E-state index is 12.5. The van der Waals surface area contributed by atoms with Crippen molar-refractivity contribution in [3.8, 4) is 0 Å². The average molecular weight is 404 g/mol. The van der Waals surface area contributed by atoms with Crippen LogP contribution in [0.1, 0.15) is 18.4 Å². The fourth-order valence-electron chi connectivity index (χ4n) is 3.68. The van der Waals surface area contributed by atoms with Crippen LogP contribution in [0.25, 0.3) is 0 Å². The van der Waals surface area contributed by atoms with E-state index in [9.17, 15) is 4.79 Å². The van der Waals surface area contributed by atoms with Crippen molar-refractivity contribution in [2.24, 2.45) is 5.92 Å². The van der Waals surface area contributed by atoms with E-state index in [1.807, 2.05) is 4.90 Å². The first-order valence-corrected chi connectivity index (χ1v) is 9.05. The minimum atomic E-state index is -0.143. The van der Waals surface area contributed by atoms with Gasteiger partial charge in [-0.25, -0.2) is 0 Å². The number of nitrogens with one attached hydrogen (secondary N) is 1. The van der Waals surface area contributed by atoms with Crippen molar-refractivity contribution in [1.29, 1.82) is 0 Å². The molecule has 1 aromatic rings. The Kier molecular flexibility index (Phi) is 10.5. The second-order valence-corrected chi connectivity index (χ2v) is 7.03. The molecule has 2 heterocycles.